The standard InChI is InChI=1S/C19H22ClNO2/c20-17(15-7-3-1-4-8-15)13-19(10-5-2-6-11-19)18(22)23-16-9-12-21-14-16/h1-8,10,16-17,21H,9,11-14H2. The van der Waals surface area contributed by atoms with Crippen molar-refractivity contribution in [3.63, 3.8) is 0 Å². The Balaban J connectivity index is 1.75. The van der Waals surface area contributed by atoms with Crippen LogP contribution in [0.1, 0.15) is 30.2 Å². The summed E-state index contributed by atoms with van der Waals surface area (Å²) in [5.74, 6) is -0.159. The van der Waals surface area contributed by atoms with E-state index in [-0.39, 0.29) is 17.5 Å². The Morgan fingerprint density at radius 3 is 2.83 bits per heavy atom. The van der Waals surface area contributed by atoms with Gasteiger partial charge in [0.15, 0.2) is 0 Å². The van der Waals surface area contributed by atoms with Crippen LogP contribution in [0.3, 0.4) is 0 Å². The van der Waals surface area contributed by atoms with Crippen molar-refractivity contribution in [3.05, 3.63) is 60.2 Å². The first kappa shape index (κ1) is 16.3. The van der Waals surface area contributed by atoms with Crippen molar-refractivity contribution >= 4 is 17.6 Å². The highest BCUT2D eigenvalue weighted by Gasteiger charge is 2.40. The van der Waals surface area contributed by atoms with Gasteiger partial charge in [-0.15, -0.1) is 11.6 Å². The van der Waals surface area contributed by atoms with Crippen molar-refractivity contribution in [2.45, 2.75) is 30.7 Å². The topological polar surface area (TPSA) is 38.3 Å². The van der Waals surface area contributed by atoms with E-state index in [1.165, 1.54) is 0 Å². The zero-order valence-electron chi connectivity index (χ0n) is 13.1. The second-order valence-electron chi connectivity index (χ2n) is 6.25. The van der Waals surface area contributed by atoms with Crippen LogP contribution in [-0.4, -0.2) is 25.2 Å². The van der Waals surface area contributed by atoms with Crippen LogP contribution in [0.25, 0.3) is 0 Å². The maximum absolute atomic E-state index is 12.8. The molecule has 1 N–H and O–H groups in total. The molecule has 0 amide bonds. The van der Waals surface area contributed by atoms with E-state index in [1.54, 1.807) is 0 Å². The smallest absolute Gasteiger partial charge is 0.316 e. The molecule has 4 heteroatoms. The lowest BCUT2D eigenvalue weighted by Crippen LogP contribution is -2.36. The molecule has 122 valence electrons. The van der Waals surface area contributed by atoms with E-state index in [2.05, 4.69) is 5.32 Å². The predicted octanol–water partition coefficient (Wildman–Crippen LogP) is 3.76. The van der Waals surface area contributed by atoms with E-state index < -0.39 is 5.41 Å². The minimum atomic E-state index is -0.667. The van der Waals surface area contributed by atoms with Crippen molar-refractivity contribution < 1.29 is 9.53 Å². The molecule has 3 unspecified atom stereocenters. The number of alkyl halides is 1. The molecule has 1 aromatic carbocycles. The zero-order valence-corrected chi connectivity index (χ0v) is 13.8. The van der Waals surface area contributed by atoms with Gasteiger partial charge in [-0.25, -0.2) is 0 Å². The van der Waals surface area contributed by atoms with Crippen molar-refractivity contribution in [1.29, 1.82) is 0 Å². The lowest BCUT2D eigenvalue weighted by atomic mass is 9.76. The van der Waals surface area contributed by atoms with Crippen molar-refractivity contribution in [2.75, 3.05) is 13.1 Å². The summed E-state index contributed by atoms with van der Waals surface area (Å²) in [6.45, 7) is 1.65. The third-order valence-corrected chi connectivity index (χ3v) is 4.95. The first-order valence-electron chi connectivity index (χ1n) is 8.15. The summed E-state index contributed by atoms with van der Waals surface area (Å²) in [7, 11) is 0. The lowest BCUT2D eigenvalue weighted by molar-refractivity contribution is -0.158. The fourth-order valence-corrected chi connectivity index (χ4v) is 3.57. The Hall–Kier alpha value is -1.58. The maximum Gasteiger partial charge on any atom is 0.316 e. The van der Waals surface area contributed by atoms with Gasteiger partial charge in [-0.1, -0.05) is 54.6 Å². The third-order valence-electron chi connectivity index (χ3n) is 4.54. The predicted molar refractivity (Wildman–Crippen MR) is 92.3 cm³/mol. The molecule has 0 radical (unpaired) electrons. The van der Waals surface area contributed by atoms with Gasteiger partial charge < -0.3 is 10.1 Å². The van der Waals surface area contributed by atoms with Gasteiger partial charge in [-0.3, -0.25) is 4.79 Å². The maximum atomic E-state index is 12.8. The van der Waals surface area contributed by atoms with Gasteiger partial charge in [0.1, 0.15) is 6.10 Å². The van der Waals surface area contributed by atoms with Gasteiger partial charge in [-0.2, -0.15) is 0 Å². The van der Waals surface area contributed by atoms with Crippen LogP contribution >= 0.6 is 11.6 Å². The highest BCUT2D eigenvalue weighted by molar-refractivity contribution is 6.21. The van der Waals surface area contributed by atoms with E-state index in [0.29, 0.717) is 12.8 Å². The van der Waals surface area contributed by atoms with Crippen LogP contribution < -0.4 is 5.32 Å². The third kappa shape index (κ3) is 3.85. The minimum Gasteiger partial charge on any atom is -0.460 e. The van der Waals surface area contributed by atoms with Crippen molar-refractivity contribution in [2.24, 2.45) is 5.41 Å². The van der Waals surface area contributed by atoms with Gasteiger partial charge in [0.25, 0.3) is 0 Å². The van der Waals surface area contributed by atoms with Crippen LogP contribution in [0.4, 0.5) is 0 Å². The van der Waals surface area contributed by atoms with Gasteiger partial charge in [0.05, 0.1) is 10.8 Å². The molecule has 1 aliphatic carbocycles. The molecule has 3 nitrogen and oxygen atoms in total. The molecule has 1 heterocycles. The summed E-state index contributed by atoms with van der Waals surface area (Å²) in [6.07, 6.45) is 9.89. The number of ether oxygens (including phenoxy) is 1. The molecule has 3 atom stereocenters. The van der Waals surface area contributed by atoms with Crippen LogP contribution in [0.5, 0.6) is 0 Å². The molecular weight excluding hydrogens is 310 g/mol. The molecule has 1 aromatic rings. The van der Waals surface area contributed by atoms with Crippen LogP contribution in [0.2, 0.25) is 0 Å². The molecule has 1 aliphatic heterocycles. The summed E-state index contributed by atoms with van der Waals surface area (Å²) in [4.78, 5) is 12.8. The summed E-state index contributed by atoms with van der Waals surface area (Å²) in [5.41, 5.74) is 0.367. The number of benzene rings is 1. The summed E-state index contributed by atoms with van der Waals surface area (Å²) in [5, 5.41) is 3.00. The fraction of sp³-hybridized carbons (Fsp3) is 0.421. The number of nitrogens with one attached hydrogen (secondary N) is 1. The quantitative estimate of drug-likeness (QED) is 0.659. The van der Waals surface area contributed by atoms with Gasteiger partial charge in [0, 0.05) is 6.54 Å². The number of hydrogen-bond acceptors (Lipinski definition) is 3. The van der Waals surface area contributed by atoms with Crippen LogP contribution in [0.15, 0.2) is 54.6 Å². The number of halogens is 1. The Bertz CT molecular complexity index is 593. The highest BCUT2D eigenvalue weighted by atomic mass is 35.5. The molecule has 0 bridgehead atoms. The number of carbonyl (C=O) groups is 1. The second kappa shape index (κ2) is 7.33. The van der Waals surface area contributed by atoms with Crippen molar-refractivity contribution in [1.82, 2.24) is 5.32 Å². The molecule has 0 spiro atoms. The highest BCUT2D eigenvalue weighted by Crippen LogP contribution is 2.41. The van der Waals surface area contributed by atoms with E-state index in [0.717, 1.165) is 25.1 Å². The number of carbonyl (C=O) groups excluding carboxylic acids is 1. The largest absolute Gasteiger partial charge is 0.460 e. The number of hydrogen-bond donors (Lipinski definition) is 1. The molecule has 1 saturated heterocycles. The number of esters is 1. The molecule has 2 aliphatic rings. The monoisotopic (exact) mass is 331 g/mol. The Morgan fingerprint density at radius 2 is 2.17 bits per heavy atom. The van der Waals surface area contributed by atoms with E-state index in [9.17, 15) is 4.79 Å². The molecule has 23 heavy (non-hydrogen) atoms. The number of allylic oxidation sites excluding steroid dienone is 3. The first-order chi connectivity index (χ1) is 11.2. The fourth-order valence-electron chi connectivity index (χ4n) is 3.15. The van der Waals surface area contributed by atoms with Crippen LogP contribution in [0, 0.1) is 5.41 Å². The average molecular weight is 332 g/mol. The van der Waals surface area contributed by atoms with Gasteiger partial charge in [0.2, 0.25) is 0 Å². The summed E-state index contributed by atoms with van der Waals surface area (Å²) < 4.78 is 5.75. The molecule has 3 rings (SSSR count). The average Bonchev–Trinajstić information content (AvgIpc) is 3.09. The van der Waals surface area contributed by atoms with Gasteiger partial charge >= 0.3 is 5.97 Å². The Kier molecular flexibility index (Phi) is 5.19. The summed E-state index contributed by atoms with van der Waals surface area (Å²) >= 11 is 6.61. The van der Waals surface area contributed by atoms with Crippen molar-refractivity contribution in [3.8, 4) is 0 Å². The normalized spacial score (nSPS) is 27.8. The zero-order chi connectivity index (χ0) is 16.1. The van der Waals surface area contributed by atoms with Gasteiger partial charge in [-0.05, 0) is 31.4 Å². The molecule has 1 fully saturated rings. The first-order valence-corrected chi connectivity index (χ1v) is 8.58. The van der Waals surface area contributed by atoms with E-state index in [4.69, 9.17) is 16.3 Å². The molecular formula is C19H22ClNO2. The molecule has 0 aromatic heterocycles. The minimum absolute atomic E-state index is 0.0239. The SMILES string of the molecule is O=C(OC1CCNC1)C1(CC(Cl)c2ccccc2)C=CC=CC1. The molecule has 0 saturated carbocycles. The second-order valence-corrected chi connectivity index (χ2v) is 6.78. The van der Waals surface area contributed by atoms with E-state index >= 15 is 0 Å². The lowest BCUT2D eigenvalue weighted by Gasteiger charge is -2.32. The van der Waals surface area contributed by atoms with Crippen LogP contribution in [-0.2, 0) is 9.53 Å². The Morgan fingerprint density at radius 1 is 1.35 bits per heavy atom. The number of rotatable bonds is 5. The summed E-state index contributed by atoms with van der Waals surface area (Å²) in [6, 6.07) is 9.90. The van der Waals surface area contributed by atoms with E-state index in [1.807, 2.05) is 54.6 Å². The Labute approximate surface area is 142 Å².